The van der Waals surface area contributed by atoms with Gasteiger partial charge in [-0.3, -0.25) is 10.1 Å². The van der Waals surface area contributed by atoms with Crippen LogP contribution in [0.4, 0.5) is 5.69 Å². The topological polar surface area (TPSA) is 61.6 Å². The average Bonchev–Trinajstić information content (AvgIpc) is 2.16. The third-order valence-corrected chi connectivity index (χ3v) is 1.78. The van der Waals surface area contributed by atoms with E-state index in [9.17, 15) is 10.1 Å². The summed E-state index contributed by atoms with van der Waals surface area (Å²) in [5.41, 5.74) is 0.218. The molecule has 0 aliphatic rings. The van der Waals surface area contributed by atoms with Gasteiger partial charge >= 0.3 is 17.1 Å². The summed E-state index contributed by atoms with van der Waals surface area (Å²) in [5.74, 6) is 0.759. The molecule has 0 radical (unpaired) electrons. The molecule has 6 heteroatoms. The Morgan fingerprint density at radius 3 is 2.13 bits per heavy atom. The van der Waals surface area contributed by atoms with E-state index in [1.165, 1.54) is 26.4 Å². The molecule has 0 N–H and O–H groups in total. The quantitative estimate of drug-likeness (QED) is 0.359. The molecule has 0 aromatic heterocycles. The van der Waals surface area contributed by atoms with Gasteiger partial charge in [0.25, 0.3) is 0 Å². The summed E-state index contributed by atoms with van der Waals surface area (Å²) in [5, 5.41) is 10.6. The van der Waals surface area contributed by atoms with Crippen molar-refractivity contribution in [1.29, 1.82) is 0 Å². The molecule has 0 amide bonds. The van der Waals surface area contributed by atoms with Crippen LogP contribution in [0, 0.1) is 17.0 Å². The SMILES string of the molecule is [CH2-]c1cc(OC)c(OC)cc1[N+](=O)[O-].[Cu+]. The number of benzene rings is 1. The Hall–Kier alpha value is -1.39. The fourth-order valence-electron chi connectivity index (χ4n) is 1.08. The number of nitrogens with zero attached hydrogens (tertiary/aromatic N) is 1. The third-order valence-electron chi connectivity index (χ3n) is 1.78. The number of methoxy groups -OCH3 is 2. The van der Waals surface area contributed by atoms with Gasteiger partial charge in [0.1, 0.15) is 11.5 Å². The van der Waals surface area contributed by atoms with Crippen molar-refractivity contribution in [2.75, 3.05) is 14.2 Å². The van der Waals surface area contributed by atoms with Crippen LogP contribution in [0.25, 0.3) is 0 Å². The van der Waals surface area contributed by atoms with Crippen LogP contribution in [0.2, 0.25) is 0 Å². The third kappa shape index (κ3) is 2.78. The second-order valence-corrected chi connectivity index (χ2v) is 2.59. The molecule has 0 saturated carbocycles. The first-order valence-electron chi connectivity index (χ1n) is 3.82. The molecule has 1 rings (SSSR count). The van der Waals surface area contributed by atoms with Crippen LogP contribution in [0.1, 0.15) is 5.56 Å². The Balaban J connectivity index is 0.00000196. The first kappa shape index (κ1) is 13.6. The van der Waals surface area contributed by atoms with E-state index in [1.54, 1.807) is 0 Å². The van der Waals surface area contributed by atoms with Crippen LogP contribution in [0.3, 0.4) is 0 Å². The van der Waals surface area contributed by atoms with Gasteiger partial charge in [0.05, 0.1) is 14.2 Å². The van der Waals surface area contributed by atoms with E-state index in [0.29, 0.717) is 17.1 Å². The van der Waals surface area contributed by atoms with Gasteiger partial charge in [-0.1, -0.05) is 0 Å². The van der Waals surface area contributed by atoms with Gasteiger partial charge in [0.2, 0.25) is 0 Å². The fourth-order valence-corrected chi connectivity index (χ4v) is 1.08. The second kappa shape index (κ2) is 5.48. The molecule has 0 atom stereocenters. The van der Waals surface area contributed by atoms with Crippen molar-refractivity contribution in [3.63, 3.8) is 0 Å². The van der Waals surface area contributed by atoms with Gasteiger partial charge in [-0.15, -0.1) is 11.6 Å². The number of hydrogen-bond acceptors (Lipinski definition) is 4. The smallest absolute Gasteiger partial charge is 0.506 e. The zero-order valence-electron chi connectivity index (χ0n) is 8.24. The first-order valence-corrected chi connectivity index (χ1v) is 3.82. The van der Waals surface area contributed by atoms with E-state index in [2.05, 4.69) is 6.92 Å². The molecule has 0 fully saturated rings. The number of rotatable bonds is 3. The van der Waals surface area contributed by atoms with Gasteiger partial charge in [-0.05, 0) is 0 Å². The molecule has 0 heterocycles. The molecule has 0 saturated heterocycles. The van der Waals surface area contributed by atoms with Gasteiger partial charge in [0.15, 0.2) is 5.69 Å². The molecule has 0 unspecified atom stereocenters. The van der Waals surface area contributed by atoms with Crippen molar-refractivity contribution in [1.82, 2.24) is 0 Å². The summed E-state index contributed by atoms with van der Waals surface area (Å²) >= 11 is 0. The zero-order valence-corrected chi connectivity index (χ0v) is 9.19. The van der Waals surface area contributed by atoms with Gasteiger partial charge in [0, 0.05) is 11.0 Å². The molecule has 1 aromatic rings. The molecule has 15 heavy (non-hydrogen) atoms. The standard InChI is InChI=1S/C9H10NO4.Cu/c1-6-4-8(13-2)9(14-3)5-7(6)10(11)12;/h4-5H,1H2,2-3H3;/q-1;+1. The molecule has 5 nitrogen and oxygen atoms in total. The molecule has 0 aliphatic heterocycles. The van der Waals surface area contributed by atoms with E-state index in [-0.39, 0.29) is 22.8 Å². The largest absolute Gasteiger partial charge is 1.00 e. The maximum Gasteiger partial charge on any atom is 1.00 e. The summed E-state index contributed by atoms with van der Waals surface area (Å²) < 4.78 is 9.89. The number of nitro groups is 1. The Kier molecular flexibility index (Phi) is 4.97. The van der Waals surface area contributed by atoms with Crippen LogP contribution in [-0.4, -0.2) is 19.1 Å². The number of nitro benzene ring substituents is 1. The molecule has 1 aromatic carbocycles. The van der Waals surface area contributed by atoms with Crippen molar-refractivity contribution >= 4 is 5.69 Å². The predicted octanol–water partition coefficient (Wildman–Crippen LogP) is 1.79. The second-order valence-electron chi connectivity index (χ2n) is 2.59. The molecule has 0 spiro atoms. The minimum absolute atomic E-state index is 0. The van der Waals surface area contributed by atoms with Crippen molar-refractivity contribution in [3.05, 3.63) is 34.7 Å². The zero-order chi connectivity index (χ0) is 10.7. The van der Waals surface area contributed by atoms with Crippen LogP contribution in [-0.2, 0) is 17.1 Å². The molecule has 0 aliphatic carbocycles. The van der Waals surface area contributed by atoms with Gasteiger partial charge in [-0.25, -0.2) is 0 Å². The van der Waals surface area contributed by atoms with Gasteiger partial charge in [-0.2, -0.15) is 6.92 Å². The molecular formula is C9H10CuNO4. The van der Waals surface area contributed by atoms with Crippen molar-refractivity contribution in [2.45, 2.75) is 0 Å². The number of ether oxygens (including phenoxy) is 2. The monoisotopic (exact) mass is 259 g/mol. The maximum atomic E-state index is 10.6. The Labute approximate surface area is 98.0 Å². The Morgan fingerprint density at radius 2 is 1.73 bits per heavy atom. The van der Waals surface area contributed by atoms with Gasteiger partial charge < -0.3 is 9.47 Å². The minimum Gasteiger partial charge on any atom is -0.506 e. The van der Waals surface area contributed by atoms with E-state index in [1.807, 2.05) is 0 Å². The van der Waals surface area contributed by atoms with E-state index in [0.717, 1.165) is 0 Å². The molecule has 0 bridgehead atoms. The fraction of sp³-hybridized carbons (Fsp3) is 0.222. The normalized spacial score (nSPS) is 8.93. The summed E-state index contributed by atoms with van der Waals surface area (Å²) in [6, 6.07) is 2.76. The van der Waals surface area contributed by atoms with Crippen LogP contribution >= 0.6 is 0 Å². The van der Waals surface area contributed by atoms with E-state index < -0.39 is 4.92 Å². The first-order chi connectivity index (χ1) is 6.60. The summed E-state index contributed by atoms with van der Waals surface area (Å²) in [6.45, 7) is 3.55. The molecular weight excluding hydrogens is 250 g/mol. The van der Waals surface area contributed by atoms with Crippen molar-refractivity contribution in [3.8, 4) is 11.5 Å². The number of hydrogen-bond donors (Lipinski definition) is 0. The van der Waals surface area contributed by atoms with E-state index in [4.69, 9.17) is 9.47 Å². The maximum absolute atomic E-state index is 10.6. The Morgan fingerprint density at radius 1 is 1.27 bits per heavy atom. The molecule has 86 valence electrons. The average molecular weight is 260 g/mol. The Bertz CT molecular complexity index is 367. The van der Waals surface area contributed by atoms with Crippen molar-refractivity contribution in [2.24, 2.45) is 0 Å². The van der Waals surface area contributed by atoms with Crippen LogP contribution in [0.5, 0.6) is 11.5 Å². The van der Waals surface area contributed by atoms with Crippen LogP contribution in [0.15, 0.2) is 12.1 Å². The van der Waals surface area contributed by atoms with Crippen LogP contribution < -0.4 is 9.47 Å². The van der Waals surface area contributed by atoms with E-state index >= 15 is 0 Å². The summed E-state index contributed by atoms with van der Waals surface area (Å²) in [7, 11) is 2.88. The van der Waals surface area contributed by atoms with Crippen molar-refractivity contribution < 1.29 is 31.5 Å². The summed E-state index contributed by atoms with van der Waals surface area (Å²) in [4.78, 5) is 10.0. The summed E-state index contributed by atoms with van der Waals surface area (Å²) in [6.07, 6.45) is 0. The minimum atomic E-state index is -0.510. The predicted molar refractivity (Wildman–Crippen MR) is 50.7 cm³/mol.